The van der Waals surface area contributed by atoms with E-state index in [4.69, 9.17) is 11.6 Å². The number of carbonyl (C=O) groups is 1. The van der Waals surface area contributed by atoms with Gasteiger partial charge in [0.25, 0.3) is 5.91 Å². The van der Waals surface area contributed by atoms with Crippen LogP contribution in [0.15, 0.2) is 53.4 Å². The van der Waals surface area contributed by atoms with E-state index in [0.29, 0.717) is 33.7 Å². The van der Waals surface area contributed by atoms with Crippen LogP contribution in [-0.4, -0.2) is 41.9 Å². The summed E-state index contributed by atoms with van der Waals surface area (Å²) >= 11 is 7.15. The van der Waals surface area contributed by atoms with Crippen molar-refractivity contribution in [2.45, 2.75) is 37.0 Å². The normalized spacial score (nSPS) is 17.2. The first-order chi connectivity index (χ1) is 15.4. The third-order valence-corrected chi connectivity index (χ3v) is 8.62. The van der Waals surface area contributed by atoms with E-state index in [1.54, 1.807) is 36.4 Å². The number of halogens is 1. The van der Waals surface area contributed by atoms with Crippen molar-refractivity contribution < 1.29 is 13.2 Å². The molecule has 0 bridgehead atoms. The topological polar surface area (TPSA) is 92.3 Å². The smallest absolute Gasteiger partial charge is 0.286 e. The number of amides is 1. The fourth-order valence-electron chi connectivity index (χ4n) is 3.65. The van der Waals surface area contributed by atoms with Gasteiger partial charge in [0.2, 0.25) is 15.0 Å². The Bertz CT molecular complexity index is 1210. The van der Waals surface area contributed by atoms with Gasteiger partial charge in [0.05, 0.1) is 4.90 Å². The van der Waals surface area contributed by atoms with Gasteiger partial charge in [-0.2, -0.15) is 4.31 Å². The second kappa shape index (κ2) is 9.66. The third kappa shape index (κ3) is 5.01. The minimum atomic E-state index is -3.58. The van der Waals surface area contributed by atoms with Crippen molar-refractivity contribution in [2.24, 2.45) is 0 Å². The molecule has 2 aromatic carbocycles. The number of anilines is 1. The van der Waals surface area contributed by atoms with Gasteiger partial charge in [-0.3, -0.25) is 4.79 Å². The van der Waals surface area contributed by atoms with Gasteiger partial charge in [0, 0.05) is 29.7 Å². The fraction of sp³-hybridized carbons (Fsp3) is 0.318. The quantitative estimate of drug-likeness (QED) is 0.546. The molecule has 0 unspecified atom stereocenters. The van der Waals surface area contributed by atoms with E-state index in [2.05, 4.69) is 15.5 Å². The molecule has 0 radical (unpaired) electrons. The van der Waals surface area contributed by atoms with E-state index in [9.17, 15) is 13.2 Å². The summed E-state index contributed by atoms with van der Waals surface area (Å²) in [5.41, 5.74) is 1.67. The number of nitrogens with one attached hydrogen (secondary N) is 1. The molecule has 1 fully saturated rings. The summed E-state index contributed by atoms with van der Waals surface area (Å²) in [7, 11) is -3.58. The van der Waals surface area contributed by atoms with Crippen LogP contribution in [0.25, 0.3) is 0 Å². The number of aryl methyl sites for hydroxylation is 1. The summed E-state index contributed by atoms with van der Waals surface area (Å²) in [4.78, 5) is 12.8. The predicted octanol–water partition coefficient (Wildman–Crippen LogP) is 4.57. The average molecular weight is 491 g/mol. The van der Waals surface area contributed by atoms with Crippen LogP contribution in [-0.2, 0) is 16.4 Å². The Balaban J connectivity index is 1.46. The molecule has 0 spiro atoms. The lowest BCUT2D eigenvalue weighted by Crippen LogP contribution is -2.39. The number of sulfonamides is 1. The highest BCUT2D eigenvalue weighted by Gasteiger charge is 2.32. The Labute approximate surface area is 196 Å². The van der Waals surface area contributed by atoms with E-state index >= 15 is 0 Å². The number of hydrogen-bond donors (Lipinski definition) is 1. The molecule has 2 heterocycles. The van der Waals surface area contributed by atoms with Crippen molar-refractivity contribution >= 4 is 44.6 Å². The summed E-state index contributed by atoms with van der Waals surface area (Å²) in [5.74, 6) is -0.467. The number of nitrogens with zero attached hydrogens (tertiary/aromatic N) is 3. The SMILES string of the molecule is CCc1ccc(S(=O)(=O)N2CCC[C@@H](c3nnc(C(=O)Nc4cccc(Cl)c4)s3)C2)cc1. The van der Waals surface area contributed by atoms with Crippen molar-refractivity contribution in [1.29, 1.82) is 0 Å². The highest BCUT2D eigenvalue weighted by Crippen LogP contribution is 2.32. The van der Waals surface area contributed by atoms with Crippen molar-refractivity contribution in [3.05, 3.63) is 69.1 Å². The molecule has 32 heavy (non-hydrogen) atoms. The van der Waals surface area contributed by atoms with Gasteiger partial charge < -0.3 is 5.32 Å². The zero-order valence-electron chi connectivity index (χ0n) is 17.5. The third-order valence-electron chi connectivity index (χ3n) is 5.42. The zero-order valence-corrected chi connectivity index (χ0v) is 19.9. The lowest BCUT2D eigenvalue weighted by atomic mass is 10.0. The van der Waals surface area contributed by atoms with Crippen LogP contribution >= 0.6 is 22.9 Å². The van der Waals surface area contributed by atoms with Gasteiger partial charge >= 0.3 is 0 Å². The van der Waals surface area contributed by atoms with Crippen molar-refractivity contribution in [3.63, 3.8) is 0 Å². The minimum Gasteiger partial charge on any atom is -0.320 e. The van der Waals surface area contributed by atoms with Gasteiger partial charge in [-0.05, 0) is 55.2 Å². The molecule has 1 amide bonds. The Morgan fingerprint density at radius 1 is 1.22 bits per heavy atom. The van der Waals surface area contributed by atoms with E-state index in [0.717, 1.165) is 24.8 Å². The molecule has 1 aliphatic rings. The summed E-state index contributed by atoms with van der Waals surface area (Å²) in [6.45, 7) is 2.82. The van der Waals surface area contributed by atoms with Crippen molar-refractivity contribution in [1.82, 2.24) is 14.5 Å². The summed E-state index contributed by atoms with van der Waals surface area (Å²) in [6, 6.07) is 13.9. The van der Waals surface area contributed by atoms with Crippen LogP contribution in [0.2, 0.25) is 5.02 Å². The molecule has 7 nitrogen and oxygen atoms in total. The highest BCUT2D eigenvalue weighted by molar-refractivity contribution is 7.89. The standard InChI is InChI=1S/C22H23ClN4O3S2/c1-2-15-8-10-19(11-9-15)32(29,30)27-12-4-5-16(14-27)21-25-26-22(31-21)20(28)24-18-7-3-6-17(23)13-18/h3,6-11,13,16H,2,4-5,12,14H2,1H3,(H,24,28)/t16-/m1/s1. The zero-order chi connectivity index (χ0) is 22.7. The van der Waals surface area contributed by atoms with Crippen LogP contribution in [0.4, 0.5) is 5.69 Å². The Morgan fingerprint density at radius 2 is 2.00 bits per heavy atom. The summed E-state index contributed by atoms with van der Waals surface area (Å²) in [5, 5.41) is 12.4. The van der Waals surface area contributed by atoms with Crippen LogP contribution < -0.4 is 5.32 Å². The van der Waals surface area contributed by atoms with E-state index < -0.39 is 10.0 Å². The van der Waals surface area contributed by atoms with Gasteiger partial charge in [0.15, 0.2) is 0 Å². The first-order valence-electron chi connectivity index (χ1n) is 10.4. The summed E-state index contributed by atoms with van der Waals surface area (Å²) in [6.07, 6.45) is 2.38. The lowest BCUT2D eigenvalue weighted by molar-refractivity contribution is 0.102. The van der Waals surface area contributed by atoms with Crippen molar-refractivity contribution in [3.8, 4) is 0 Å². The number of carbonyl (C=O) groups excluding carboxylic acids is 1. The maximum atomic E-state index is 13.1. The molecule has 3 aromatic rings. The molecule has 1 N–H and O–H groups in total. The molecule has 10 heteroatoms. The fourth-order valence-corrected chi connectivity index (χ4v) is 6.23. The second-order valence-corrected chi connectivity index (χ2v) is 11.0. The van der Waals surface area contributed by atoms with E-state index in [-0.39, 0.29) is 16.8 Å². The number of rotatable bonds is 6. The van der Waals surface area contributed by atoms with Crippen molar-refractivity contribution in [2.75, 3.05) is 18.4 Å². The molecule has 4 rings (SSSR count). The number of aromatic nitrogens is 2. The monoisotopic (exact) mass is 490 g/mol. The Kier molecular flexibility index (Phi) is 6.90. The molecule has 0 saturated carbocycles. The number of benzene rings is 2. The van der Waals surface area contributed by atoms with Gasteiger partial charge in [-0.25, -0.2) is 8.42 Å². The highest BCUT2D eigenvalue weighted by atomic mass is 35.5. The van der Waals surface area contributed by atoms with Gasteiger partial charge in [-0.15, -0.1) is 10.2 Å². The lowest BCUT2D eigenvalue weighted by Gasteiger charge is -2.30. The molecular weight excluding hydrogens is 468 g/mol. The molecule has 168 valence electrons. The second-order valence-electron chi connectivity index (χ2n) is 7.61. The number of piperidine rings is 1. The largest absolute Gasteiger partial charge is 0.320 e. The van der Waals surface area contributed by atoms with Gasteiger partial charge in [-0.1, -0.05) is 48.1 Å². The van der Waals surface area contributed by atoms with E-state index in [1.165, 1.54) is 15.6 Å². The molecule has 0 aliphatic carbocycles. The summed E-state index contributed by atoms with van der Waals surface area (Å²) < 4.78 is 27.8. The van der Waals surface area contributed by atoms with Crippen LogP contribution in [0, 0.1) is 0 Å². The average Bonchev–Trinajstić information content (AvgIpc) is 3.30. The molecule has 1 atom stereocenters. The molecule has 1 saturated heterocycles. The molecular formula is C22H23ClN4O3S2. The maximum absolute atomic E-state index is 13.1. The first-order valence-corrected chi connectivity index (χ1v) is 13.0. The van der Waals surface area contributed by atoms with Crippen LogP contribution in [0.3, 0.4) is 0 Å². The molecule has 1 aliphatic heterocycles. The van der Waals surface area contributed by atoms with Crippen LogP contribution in [0.1, 0.15) is 46.1 Å². The number of hydrogen-bond acceptors (Lipinski definition) is 6. The maximum Gasteiger partial charge on any atom is 0.286 e. The van der Waals surface area contributed by atoms with Crippen LogP contribution in [0.5, 0.6) is 0 Å². The first kappa shape index (κ1) is 22.8. The Hall–Kier alpha value is -2.33. The Morgan fingerprint density at radius 3 is 2.72 bits per heavy atom. The van der Waals surface area contributed by atoms with E-state index in [1.807, 2.05) is 19.1 Å². The molecule has 1 aromatic heterocycles. The predicted molar refractivity (Wildman–Crippen MR) is 126 cm³/mol. The minimum absolute atomic E-state index is 0.0985. The van der Waals surface area contributed by atoms with Gasteiger partial charge in [0.1, 0.15) is 5.01 Å².